The number of carbonyl (C=O) groups is 1. The number of aliphatic imine (C=N–C) groups is 1. The van der Waals surface area contributed by atoms with E-state index in [0.717, 1.165) is 5.56 Å². The molecule has 1 aliphatic heterocycles. The summed E-state index contributed by atoms with van der Waals surface area (Å²) >= 11 is 5.15. The van der Waals surface area contributed by atoms with E-state index in [1.807, 2.05) is 20.8 Å². The average Bonchev–Trinajstić information content (AvgIpc) is 2.48. The summed E-state index contributed by atoms with van der Waals surface area (Å²) in [4.78, 5) is 18.8. The van der Waals surface area contributed by atoms with Gasteiger partial charge in [0.1, 0.15) is 11.7 Å². The lowest BCUT2D eigenvalue weighted by molar-refractivity contribution is -0.133. The zero-order chi connectivity index (χ0) is 16.3. The Morgan fingerprint density at radius 3 is 2.45 bits per heavy atom. The summed E-state index contributed by atoms with van der Waals surface area (Å²) in [6.45, 7) is 6.98. The van der Waals surface area contributed by atoms with Gasteiger partial charge in [-0.25, -0.2) is 9.38 Å². The van der Waals surface area contributed by atoms with Crippen molar-refractivity contribution in [2.75, 3.05) is 13.1 Å². The molecule has 1 N–H and O–H groups in total. The first kappa shape index (κ1) is 16.5. The van der Waals surface area contributed by atoms with Gasteiger partial charge in [0.05, 0.1) is 6.04 Å². The Bertz CT molecular complexity index is 596. The molecular weight excluding hydrogens is 301 g/mol. The number of thiocarbonyl (C=S) groups is 1. The van der Waals surface area contributed by atoms with Gasteiger partial charge in [0, 0.05) is 18.8 Å². The van der Waals surface area contributed by atoms with Crippen LogP contribution in [0, 0.1) is 11.7 Å². The van der Waals surface area contributed by atoms with Gasteiger partial charge < -0.3 is 10.2 Å². The summed E-state index contributed by atoms with van der Waals surface area (Å²) in [5.74, 6) is -0.730. The second-order valence-corrected chi connectivity index (χ2v) is 5.61. The van der Waals surface area contributed by atoms with Crippen LogP contribution in [0.3, 0.4) is 0 Å². The van der Waals surface area contributed by atoms with Crippen LogP contribution in [-0.2, 0) is 4.79 Å². The fraction of sp³-hybridized carbons (Fsp3) is 0.438. The van der Waals surface area contributed by atoms with Crippen molar-refractivity contribution in [3.8, 4) is 0 Å². The first-order valence-electron chi connectivity index (χ1n) is 7.37. The Kier molecular flexibility index (Phi) is 5.24. The van der Waals surface area contributed by atoms with E-state index in [2.05, 4.69) is 10.3 Å². The Morgan fingerprint density at radius 1 is 1.32 bits per heavy atom. The molecule has 0 aliphatic carbocycles. The van der Waals surface area contributed by atoms with Gasteiger partial charge in [-0.3, -0.25) is 4.79 Å². The third kappa shape index (κ3) is 3.32. The lowest BCUT2D eigenvalue weighted by Crippen LogP contribution is -2.48. The van der Waals surface area contributed by atoms with Gasteiger partial charge in [0.2, 0.25) is 5.91 Å². The van der Waals surface area contributed by atoms with Crippen molar-refractivity contribution in [2.24, 2.45) is 10.9 Å². The first-order chi connectivity index (χ1) is 10.5. The van der Waals surface area contributed by atoms with Crippen molar-refractivity contribution in [3.63, 3.8) is 0 Å². The zero-order valence-corrected chi connectivity index (χ0v) is 13.8. The van der Waals surface area contributed by atoms with E-state index in [4.69, 9.17) is 12.2 Å². The summed E-state index contributed by atoms with van der Waals surface area (Å²) < 4.78 is 13.2. The van der Waals surface area contributed by atoms with E-state index in [1.165, 1.54) is 12.1 Å². The molecule has 2 unspecified atom stereocenters. The van der Waals surface area contributed by atoms with Crippen molar-refractivity contribution in [1.29, 1.82) is 0 Å². The maximum atomic E-state index is 13.2. The minimum Gasteiger partial charge on any atom is -0.353 e. The van der Waals surface area contributed by atoms with E-state index in [1.54, 1.807) is 17.0 Å². The van der Waals surface area contributed by atoms with Crippen molar-refractivity contribution in [2.45, 2.75) is 26.8 Å². The molecule has 1 amide bonds. The van der Waals surface area contributed by atoms with Crippen LogP contribution in [0.1, 0.15) is 32.4 Å². The molecular formula is C16H20FN3OS. The standard InChI is InChI=1S/C16H20FN3OS/c1-4-20(5-2)15(21)13-10(3)18-16(22)19-14(13)11-6-8-12(17)9-7-11/h6-9,13-14H,4-5H2,1-3H3,(H,19,22). The third-order valence-corrected chi connectivity index (χ3v) is 4.12. The Balaban J connectivity index is 2.40. The van der Waals surface area contributed by atoms with Gasteiger partial charge in [-0.1, -0.05) is 12.1 Å². The fourth-order valence-corrected chi connectivity index (χ4v) is 2.99. The second kappa shape index (κ2) is 6.96. The molecule has 4 nitrogen and oxygen atoms in total. The molecule has 1 aliphatic rings. The van der Waals surface area contributed by atoms with Crippen LogP contribution < -0.4 is 5.32 Å². The molecule has 2 rings (SSSR count). The van der Waals surface area contributed by atoms with Gasteiger partial charge in [-0.05, 0) is 50.7 Å². The summed E-state index contributed by atoms with van der Waals surface area (Å²) in [7, 11) is 0. The topological polar surface area (TPSA) is 44.7 Å². The number of hydrogen-bond acceptors (Lipinski definition) is 2. The van der Waals surface area contributed by atoms with E-state index >= 15 is 0 Å². The number of carbonyl (C=O) groups excluding carboxylic acids is 1. The lowest BCUT2D eigenvalue weighted by Gasteiger charge is -2.34. The second-order valence-electron chi connectivity index (χ2n) is 5.22. The molecule has 0 bridgehead atoms. The molecule has 0 saturated heterocycles. The van der Waals surface area contributed by atoms with Crippen LogP contribution in [0.25, 0.3) is 0 Å². The highest BCUT2D eigenvalue weighted by Gasteiger charge is 2.37. The largest absolute Gasteiger partial charge is 0.353 e. The fourth-order valence-electron chi connectivity index (χ4n) is 2.72. The number of hydrogen-bond donors (Lipinski definition) is 1. The molecule has 0 radical (unpaired) electrons. The quantitative estimate of drug-likeness (QED) is 0.867. The maximum absolute atomic E-state index is 13.2. The monoisotopic (exact) mass is 321 g/mol. The Hall–Kier alpha value is -1.82. The number of nitrogens with zero attached hydrogens (tertiary/aromatic N) is 2. The SMILES string of the molecule is CCN(CC)C(=O)C1C(C)=NC(=S)NC1c1ccc(F)cc1. The van der Waals surface area contributed by atoms with Crippen molar-refractivity contribution >= 4 is 28.9 Å². The number of nitrogens with one attached hydrogen (secondary N) is 1. The number of benzene rings is 1. The average molecular weight is 321 g/mol. The van der Waals surface area contributed by atoms with Gasteiger partial charge in [-0.15, -0.1) is 0 Å². The number of halogens is 1. The van der Waals surface area contributed by atoms with E-state index in [-0.39, 0.29) is 17.8 Å². The van der Waals surface area contributed by atoms with Gasteiger partial charge in [0.15, 0.2) is 5.11 Å². The molecule has 22 heavy (non-hydrogen) atoms. The molecule has 1 aromatic carbocycles. The lowest BCUT2D eigenvalue weighted by atomic mass is 9.87. The molecule has 6 heteroatoms. The molecule has 1 aromatic rings. The minimum absolute atomic E-state index is 0.00979. The van der Waals surface area contributed by atoms with Crippen molar-refractivity contribution < 1.29 is 9.18 Å². The minimum atomic E-state index is -0.433. The summed E-state index contributed by atoms with van der Waals surface area (Å²) in [5.41, 5.74) is 1.51. The number of amides is 1. The highest BCUT2D eigenvalue weighted by molar-refractivity contribution is 7.80. The van der Waals surface area contributed by atoms with Crippen LogP contribution >= 0.6 is 12.2 Å². The maximum Gasteiger partial charge on any atom is 0.233 e. The molecule has 1 heterocycles. The highest BCUT2D eigenvalue weighted by atomic mass is 32.1. The van der Waals surface area contributed by atoms with Gasteiger partial charge in [-0.2, -0.15) is 0 Å². The predicted molar refractivity (Wildman–Crippen MR) is 89.4 cm³/mol. The molecule has 0 saturated carbocycles. The highest BCUT2D eigenvalue weighted by Crippen LogP contribution is 2.28. The van der Waals surface area contributed by atoms with Crippen LogP contribution in [0.15, 0.2) is 29.3 Å². The Morgan fingerprint density at radius 2 is 1.91 bits per heavy atom. The summed E-state index contributed by atoms with van der Waals surface area (Å²) in [5, 5.41) is 3.45. The van der Waals surface area contributed by atoms with Crippen LogP contribution in [-0.4, -0.2) is 34.7 Å². The van der Waals surface area contributed by atoms with Crippen LogP contribution in [0.4, 0.5) is 4.39 Å². The molecule has 0 spiro atoms. The van der Waals surface area contributed by atoms with Crippen LogP contribution in [0.5, 0.6) is 0 Å². The van der Waals surface area contributed by atoms with Gasteiger partial charge >= 0.3 is 0 Å². The molecule has 2 atom stereocenters. The molecule has 118 valence electrons. The normalized spacial score (nSPS) is 21.1. The van der Waals surface area contributed by atoms with Crippen LogP contribution in [0.2, 0.25) is 0 Å². The van der Waals surface area contributed by atoms with Gasteiger partial charge in [0.25, 0.3) is 0 Å². The summed E-state index contributed by atoms with van der Waals surface area (Å²) in [6, 6.07) is 5.81. The summed E-state index contributed by atoms with van der Waals surface area (Å²) in [6.07, 6.45) is 0. The van der Waals surface area contributed by atoms with Crippen molar-refractivity contribution in [3.05, 3.63) is 35.6 Å². The molecule has 0 fully saturated rings. The predicted octanol–water partition coefficient (Wildman–Crippen LogP) is 2.70. The molecule has 0 aromatic heterocycles. The van der Waals surface area contributed by atoms with E-state index < -0.39 is 5.92 Å². The zero-order valence-electron chi connectivity index (χ0n) is 13.0. The number of rotatable bonds is 4. The van der Waals surface area contributed by atoms with Crippen molar-refractivity contribution in [1.82, 2.24) is 10.2 Å². The Labute approximate surface area is 135 Å². The first-order valence-corrected chi connectivity index (χ1v) is 7.78. The smallest absolute Gasteiger partial charge is 0.233 e. The van der Waals surface area contributed by atoms with E-state index in [0.29, 0.717) is 23.9 Å². The van der Waals surface area contributed by atoms with E-state index in [9.17, 15) is 9.18 Å². The third-order valence-electron chi connectivity index (χ3n) is 3.91.